The fourth-order valence-electron chi connectivity index (χ4n) is 3.57. The molecule has 9 nitrogen and oxygen atoms in total. The molecule has 1 atom stereocenters. The Morgan fingerprint density at radius 2 is 1.70 bits per heavy atom. The van der Waals surface area contributed by atoms with Gasteiger partial charge in [-0.05, 0) is 56.0 Å². The summed E-state index contributed by atoms with van der Waals surface area (Å²) < 4.78 is 31.9. The number of carbonyl (C=O) groups excluding carboxylic acids is 2. The number of ether oxygens (including phenoxy) is 1. The third-order valence-corrected chi connectivity index (χ3v) is 7.11. The smallest absolute Gasteiger partial charge is 0.272 e. The van der Waals surface area contributed by atoms with E-state index < -0.39 is 22.0 Å². The molecule has 2 fully saturated rings. The number of rotatable bonds is 6. The van der Waals surface area contributed by atoms with Crippen molar-refractivity contribution in [3.05, 3.63) is 42.2 Å². The van der Waals surface area contributed by atoms with E-state index in [0.717, 1.165) is 19.3 Å². The normalized spacial score (nSPS) is 19.7. The number of anilines is 2. The molecule has 0 unspecified atom stereocenters. The molecule has 0 radical (unpaired) electrons. The molecule has 1 aromatic heterocycles. The first-order chi connectivity index (χ1) is 14.4. The number of aromatic nitrogens is 1. The van der Waals surface area contributed by atoms with Crippen molar-refractivity contribution in [2.75, 3.05) is 30.3 Å². The highest BCUT2D eigenvalue weighted by atomic mass is 32.2. The summed E-state index contributed by atoms with van der Waals surface area (Å²) >= 11 is 0. The molecule has 10 heteroatoms. The molecule has 2 amide bonds. The molecule has 0 spiro atoms. The summed E-state index contributed by atoms with van der Waals surface area (Å²) in [5, 5.41) is 5.50. The Hall–Kier alpha value is -2.69. The van der Waals surface area contributed by atoms with Gasteiger partial charge in [0, 0.05) is 37.3 Å². The van der Waals surface area contributed by atoms with E-state index in [1.807, 2.05) is 0 Å². The molecule has 3 N–H and O–H groups in total. The number of H-pyrrole nitrogens is 1. The largest absolute Gasteiger partial charge is 0.368 e. The number of hydrogen-bond acceptors (Lipinski definition) is 5. The Kier molecular flexibility index (Phi) is 5.89. The maximum atomic E-state index is 12.6. The maximum Gasteiger partial charge on any atom is 0.272 e. The minimum atomic E-state index is -3.58. The van der Waals surface area contributed by atoms with Crippen LogP contribution in [0, 0.1) is 0 Å². The average molecular weight is 433 g/mol. The predicted molar refractivity (Wildman–Crippen MR) is 111 cm³/mol. The van der Waals surface area contributed by atoms with Crippen LogP contribution in [0.5, 0.6) is 0 Å². The first-order valence-corrected chi connectivity index (χ1v) is 11.4. The van der Waals surface area contributed by atoms with E-state index in [0.29, 0.717) is 37.5 Å². The van der Waals surface area contributed by atoms with Crippen molar-refractivity contribution in [2.24, 2.45) is 0 Å². The number of hydrogen-bond donors (Lipinski definition) is 3. The van der Waals surface area contributed by atoms with Crippen molar-refractivity contribution in [3.63, 3.8) is 0 Å². The van der Waals surface area contributed by atoms with Gasteiger partial charge in [0.25, 0.3) is 11.8 Å². The SMILES string of the molecule is O=C(Nc1ccc(NC(=O)[C@H]2CCCO2)cc1)c1cc(S(=O)(=O)N2CCCC2)c[nH]1. The van der Waals surface area contributed by atoms with Crippen LogP contribution in [0.2, 0.25) is 0 Å². The minimum absolute atomic E-state index is 0.0849. The number of nitrogens with zero attached hydrogens (tertiary/aromatic N) is 1. The summed E-state index contributed by atoms with van der Waals surface area (Å²) in [6.07, 6.45) is 4.21. The maximum absolute atomic E-state index is 12.6. The lowest BCUT2D eigenvalue weighted by Crippen LogP contribution is -2.27. The average Bonchev–Trinajstić information content (AvgIpc) is 3.52. The second-order valence-corrected chi connectivity index (χ2v) is 9.32. The number of nitrogens with one attached hydrogen (secondary N) is 3. The summed E-state index contributed by atoms with van der Waals surface area (Å²) in [5.74, 6) is -0.628. The van der Waals surface area contributed by atoms with Gasteiger partial charge in [0.15, 0.2) is 0 Å². The number of aromatic amines is 1. The van der Waals surface area contributed by atoms with Crippen molar-refractivity contribution >= 4 is 33.2 Å². The third kappa shape index (κ3) is 4.40. The molecule has 4 rings (SSSR count). The van der Waals surface area contributed by atoms with Gasteiger partial charge in [-0.3, -0.25) is 9.59 Å². The zero-order valence-electron chi connectivity index (χ0n) is 16.4. The molecule has 0 bridgehead atoms. The van der Waals surface area contributed by atoms with Gasteiger partial charge in [-0.25, -0.2) is 8.42 Å². The van der Waals surface area contributed by atoms with Crippen molar-refractivity contribution < 1.29 is 22.7 Å². The van der Waals surface area contributed by atoms with E-state index >= 15 is 0 Å². The highest BCUT2D eigenvalue weighted by molar-refractivity contribution is 7.89. The van der Waals surface area contributed by atoms with Gasteiger partial charge >= 0.3 is 0 Å². The van der Waals surface area contributed by atoms with Crippen LogP contribution in [-0.4, -0.2) is 55.3 Å². The minimum Gasteiger partial charge on any atom is -0.368 e. The van der Waals surface area contributed by atoms with Crippen molar-refractivity contribution in [3.8, 4) is 0 Å². The second kappa shape index (κ2) is 8.58. The van der Waals surface area contributed by atoms with Crippen LogP contribution >= 0.6 is 0 Å². The van der Waals surface area contributed by atoms with Gasteiger partial charge in [0.05, 0.1) is 0 Å². The Labute approximate surface area is 174 Å². The summed E-state index contributed by atoms with van der Waals surface area (Å²) in [7, 11) is -3.58. The van der Waals surface area contributed by atoms with E-state index in [2.05, 4.69) is 15.6 Å². The van der Waals surface area contributed by atoms with Gasteiger partial charge in [0.2, 0.25) is 10.0 Å². The lowest BCUT2D eigenvalue weighted by molar-refractivity contribution is -0.124. The molecule has 1 aromatic carbocycles. The number of carbonyl (C=O) groups is 2. The topological polar surface area (TPSA) is 121 Å². The van der Waals surface area contributed by atoms with Crippen molar-refractivity contribution in [1.82, 2.24) is 9.29 Å². The monoisotopic (exact) mass is 432 g/mol. The highest BCUT2D eigenvalue weighted by Gasteiger charge is 2.28. The standard InChI is InChI=1S/C20H24N4O5S/c25-19(17-12-16(13-21-17)30(27,28)24-9-1-2-10-24)22-14-5-7-15(8-6-14)23-20(26)18-4-3-11-29-18/h5-8,12-13,18,21H,1-4,9-11H2,(H,22,25)(H,23,26)/t18-/m1/s1. The lowest BCUT2D eigenvalue weighted by atomic mass is 10.2. The van der Waals surface area contributed by atoms with Crippen LogP contribution in [0.3, 0.4) is 0 Å². The van der Waals surface area contributed by atoms with Gasteiger partial charge in [0.1, 0.15) is 16.7 Å². The van der Waals surface area contributed by atoms with Crippen LogP contribution in [0.15, 0.2) is 41.4 Å². The molecule has 30 heavy (non-hydrogen) atoms. The zero-order valence-corrected chi connectivity index (χ0v) is 17.2. The first-order valence-electron chi connectivity index (χ1n) is 9.96. The molecule has 2 aromatic rings. The number of sulfonamides is 1. The molecule has 3 heterocycles. The summed E-state index contributed by atoms with van der Waals surface area (Å²) in [5.41, 5.74) is 1.28. The molecule has 160 valence electrons. The second-order valence-electron chi connectivity index (χ2n) is 7.38. The summed E-state index contributed by atoms with van der Waals surface area (Å²) in [6.45, 7) is 1.61. The predicted octanol–water partition coefficient (Wildman–Crippen LogP) is 2.17. The Balaban J connectivity index is 1.37. The van der Waals surface area contributed by atoms with Gasteiger partial charge in [-0.15, -0.1) is 0 Å². The molecule has 2 aliphatic heterocycles. The molecule has 0 aliphatic carbocycles. The highest BCUT2D eigenvalue weighted by Crippen LogP contribution is 2.22. The molecular weight excluding hydrogens is 408 g/mol. The Morgan fingerprint density at radius 3 is 2.33 bits per heavy atom. The number of amides is 2. The zero-order chi connectivity index (χ0) is 21.1. The molecule has 2 saturated heterocycles. The van der Waals surface area contributed by atoms with E-state index in [1.54, 1.807) is 24.3 Å². The molecular formula is C20H24N4O5S. The van der Waals surface area contributed by atoms with Gasteiger partial charge < -0.3 is 20.4 Å². The lowest BCUT2D eigenvalue weighted by Gasteiger charge is -2.13. The van der Waals surface area contributed by atoms with Crippen LogP contribution in [0.4, 0.5) is 11.4 Å². The molecule has 0 saturated carbocycles. The Bertz CT molecular complexity index is 1020. The van der Waals surface area contributed by atoms with Crippen LogP contribution in [-0.2, 0) is 19.6 Å². The van der Waals surface area contributed by atoms with E-state index in [9.17, 15) is 18.0 Å². The third-order valence-electron chi connectivity index (χ3n) is 5.24. The first kappa shape index (κ1) is 20.6. The molecule has 2 aliphatic rings. The van der Waals surface area contributed by atoms with E-state index in [-0.39, 0.29) is 16.5 Å². The van der Waals surface area contributed by atoms with E-state index in [1.165, 1.54) is 16.6 Å². The van der Waals surface area contributed by atoms with Crippen LogP contribution in [0.1, 0.15) is 36.2 Å². The fraction of sp³-hybridized carbons (Fsp3) is 0.400. The van der Waals surface area contributed by atoms with Crippen LogP contribution < -0.4 is 10.6 Å². The van der Waals surface area contributed by atoms with Crippen molar-refractivity contribution in [2.45, 2.75) is 36.7 Å². The Morgan fingerprint density at radius 1 is 1.03 bits per heavy atom. The van der Waals surface area contributed by atoms with Crippen molar-refractivity contribution in [1.29, 1.82) is 0 Å². The summed E-state index contributed by atoms with van der Waals surface area (Å²) in [6, 6.07) is 8.03. The van der Waals surface area contributed by atoms with Gasteiger partial charge in [-0.1, -0.05) is 0 Å². The summed E-state index contributed by atoms with van der Waals surface area (Å²) in [4.78, 5) is 27.4. The quantitative estimate of drug-likeness (QED) is 0.646. The van der Waals surface area contributed by atoms with Gasteiger partial charge in [-0.2, -0.15) is 4.31 Å². The fourth-order valence-corrected chi connectivity index (χ4v) is 5.09. The van der Waals surface area contributed by atoms with Crippen LogP contribution in [0.25, 0.3) is 0 Å². The number of benzene rings is 1. The van der Waals surface area contributed by atoms with E-state index in [4.69, 9.17) is 4.74 Å².